The molecule has 554 valence electrons. The largest absolute Gasteiger partial charge is 0.462 e. The van der Waals surface area contributed by atoms with Gasteiger partial charge in [0.05, 0.1) is 33.0 Å². The first kappa shape index (κ1) is 84.0. The summed E-state index contributed by atoms with van der Waals surface area (Å²) in [6, 6.07) is 50.8. The SMILES string of the molecule is CCCCCCCCCCCC(=O)OCC(CC(CCCCCC/C=C\CCCCCCCCP(=O)(O)O)SO[C@@H]1[C@@H](OCc2ccccc2)[C@H](OCc2ccccc2)[C@@H](OCc2ccccc2)[C@H](OCc2ccccc2)[C@@H]1OCc1ccccc1)OC(=O)CCCCCCCCCCC. The maximum atomic E-state index is 14.1. The molecule has 2 N–H and O–H groups in total. The Hall–Kier alpha value is -4.96. The number of carbonyl (C=O) groups is 2. The van der Waals surface area contributed by atoms with Gasteiger partial charge in [-0.15, -0.1) is 0 Å². The van der Waals surface area contributed by atoms with E-state index in [1.54, 1.807) is 0 Å². The molecule has 100 heavy (non-hydrogen) atoms. The molecule has 1 aliphatic rings. The average Bonchev–Trinajstić information content (AvgIpc) is 0.764. The number of carbonyl (C=O) groups excluding carboxylic acids is 2. The topological polar surface area (TPSA) is 166 Å². The third-order valence-electron chi connectivity index (χ3n) is 18.8. The third kappa shape index (κ3) is 38.0. The lowest BCUT2D eigenvalue weighted by Gasteiger charge is -2.49. The van der Waals surface area contributed by atoms with E-state index in [9.17, 15) is 23.9 Å². The van der Waals surface area contributed by atoms with Crippen LogP contribution in [0.15, 0.2) is 164 Å². The van der Waals surface area contributed by atoms with Gasteiger partial charge in [0, 0.05) is 30.7 Å². The molecule has 5 aromatic carbocycles. The van der Waals surface area contributed by atoms with Crippen molar-refractivity contribution in [2.75, 3.05) is 12.8 Å². The second-order valence-electron chi connectivity index (χ2n) is 27.5. The first-order valence-electron chi connectivity index (χ1n) is 38.7. The lowest BCUT2D eigenvalue weighted by atomic mass is 9.83. The summed E-state index contributed by atoms with van der Waals surface area (Å²) in [4.78, 5) is 46.2. The highest BCUT2D eigenvalue weighted by Crippen LogP contribution is 2.40. The normalized spacial score (nSPS) is 17.7. The van der Waals surface area contributed by atoms with Gasteiger partial charge in [-0.25, -0.2) is 0 Å². The highest BCUT2D eigenvalue weighted by molar-refractivity contribution is 7.95. The number of allylic oxidation sites excluding steroid dienone is 2. The molecule has 0 saturated heterocycles. The van der Waals surface area contributed by atoms with Crippen molar-refractivity contribution in [2.24, 2.45) is 0 Å². The molecule has 0 aliphatic heterocycles. The third-order valence-corrected chi connectivity index (χ3v) is 20.7. The lowest BCUT2D eigenvalue weighted by molar-refractivity contribution is -0.277. The number of benzene rings is 5. The van der Waals surface area contributed by atoms with Gasteiger partial charge >= 0.3 is 19.5 Å². The Morgan fingerprint density at radius 3 is 1.07 bits per heavy atom. The van der Waals surface area contributed by atoms with E-state index in [1.807, 2.05) is 91.0 Å². The fourth-order valence-electron chi connectivity index (χ4n) is 13.0. The van der Waals surface area contributed by atoms with E-state index in [1.165, 1.54) is 89.1 Å². The molecule has 0 amide bonds. The van der Waals surface area contributed by atoms with E-state index in [0.717, 1.165) is 143 Å². The molecular formula is C85H125O13PS. The van der Waals surface area contributed by atoms with Gasteiger partial charge in [0.1, 0.15) is 49.3 Å². The van der Waals surface area contributed by atoms with Crippen LogP contribution in [0.3, 0.4) is 0 Å². The van der Waals surface area contributed by atoms with Crippen LogP contribution in [0.2, 0.25) is 0 Å². The van der Waals surface area contributed by atoms with Crippen LogP contribution in [-0.2, 0) is 84.5 Å². The fourth-order valence-corrected chi connectivity index (χ4v) is 14.7. The predicted molar refractivity (Wildman–Crippen MR) is 407 cm³/mol. The van der Waals surface area contributed by atoms with E-state index in [4.69, 9.17) is 37.3 Å². The van der Waals surface area contributed by atoms with Crippen LogP contribution < -0.4 is 0 Å². The molecule has 0 spiro atoms. The molecule has 2 unspecified atom stereocenters. The number of hydrogen-bond acceptors (Lipinski definition) is 12. The zero-order chi connectivity index (χ0) is 70.6. The van der Waals surface area contributed by atoms with Crippen molar-refractivity contribution in [1.82, 2.24) is 0 Å². The Morgan fingerprint density at radius 1 is 0.400 bits per heavy atom. The lowest BCUT2D eigenvalue weighted by Crippen LogP contribution is -2.67. The summed E-state index contributed by atoms with van der Waals surface area (Å²) in [5, 5.41) is -0.225. The maximum Gasteiger partial charge on any atom is 0.325 e. The Bertz CT molecular complexity index is 2770. The average molecular weight is 1420 g/mol. The monoisotopic (exact) mass is 1420 g/mol. The van der Waals surface area contributed by atoms with Crippen molar-refractivity contribution in [3.8, 4) is 0 Å². The Labute approximate surface area is 607 Å². The molecule has 8 atom stereocenters. The van der Waals surface area contributed by atoms with E-state index in [0.29, 0.717) is 25.7 Å². The summed E-state index contributed by atoms with van der Waals surface area (Å²) >= 11 is 1.38. The molecule has 1 fully saturated rings. The summed E-state index contributed by atoms with van der Waals surface area (Å²) in [7, 11) is -3.91. The Morgan fingerprint density at radius 2 is 0.710 bits per heavy atom. The van der Waals surface area contributed by atoms with E-state index in [-0.39, 0.29) is 63.0 Å². The molecule has 1 aliphatic carbocycles. The number of hydrogen-bond donors (Lipinski definition) is 2. The van der Waals surface area contributed by atoms with Gasteiger partial charge in [0.2, 0.25) is 0 Å². The van der Waals surface area contributed by atoms with Crippen LogP contribution in [0.1, 0.15) is 260 Å². The highest BCUT2D eigenvalue weighted by Gasteiger charge is 2.56. The van der Waals surface area contributed by atoms with Crippen LogP contribution >= 0.6 is 19.6 Å². The van der Waals surface area contributed by atoms with Crippen molar-refractivity contribution in [1.29, 1.82) is 0 Å². The van der Waals surface area contributed by atoms with Gasteiger partial charge < -0.3 is 47.1 Å². The molecule has 13 nitrogen and oxygen atoms in total. The number of unbranched alkanes of at least 4 members (excludes halogenated alkanes) is 26. The number of ether oxygens (including phenoxy) is 7. The van der Waals surface area contributed by atoms with E-state index < -0.39 is 50.3 Å². The van der Waals surface area contributed by atoms with E-state index in [2.05, 4.69) is 86.7 Å². The maximum absolute atomic E-state index is 14.1. The highest BCUT2D eigenvalue weighted by atomic mass is 32.2. The molecular weight excluding hydrogens is 1290 g/mol. The standard InChI is InChI=1S/C85H125O13PS/c1-3-5-7-9-11-19-24-28-47-61-78(86)91-70-76(97-79(87)62-48-29-25-20-12-10-8-6-4-2)64-77(60-46-27-23-21-17-15-13-14-16-18-22-26-30-49-63-99(88,89)90)100-98-85-83(95-68-74-56-42-34-43-57-74)81(93-66-72-52-38-32-39-53-72)80(92-65-71-50-36-31-37-51-71)82(94-67-73-54-40-33-41-55-73)84(85)96-69-75-58-44-35-45-59-75/h13,15,31-45,50-59,76-77,80-85H,3-12,14,16-30,46-49,60-70H2,1-2H3,(H2,88,89,90)/b15-13-/t76?,77?,80-,81-,82+,83-,84-,85-/m0/s1. The quantitative estimate of drug-likeness (QED) is 0.0124. The van der Waals surface area contributed by atoms with Gasteiger partial charge in [-0.3, -0.25) is 14.2 Å². The zero-order valence-corrected chi connectivity index (χ0v) is 62.7. The van der Waals surface area contributed by atoms with Gasteiger partial charge in [-0.05, 0) is 91.2 Å². The summed E-state index contributed by atoms with van der Waals surface area (Å²) in [6.45, 7) is 5.75. The minimum Gasteiger partial charge on any atom is -0.462 e. The van der Waals surface area contributed by atoms with Gasteiger partial charge in [0.15, 0.2) is 0 Å². The van der Waals surface area contributed by atoms with Crippen LogP contribution in [0, 0.1) is 0 Å². The van der Waals surface area contributed by atoms with Gasteiger partial charge in [-0.2, -0.15) is 0 Å². The zero-order valence-electron chi connectivity index (χ0n) is 60.9. The van der Waals surface area contributed by atoms with Gasteiger partial charge in [0.25, 0.3) is 0 Å². The molecule has 6 rings (SSSR count). The number of esters is 2. The minimum atomic E-state index is -3.91. The van der Waals surface area contributed by atoms with Crippen molar-refractivity contribution < 1.29 is 61.3 Å². The summed E-state index contributed by atoms with van der Waals surface area (Å²) in [5.41, 5.74) is 4.95. The molecule has 0 heterocycles. The van der Waals surface area contributed by atoms with Gasteiger partial charge in [-0.1, -0.05) is 325 Å². The predicted octanol–water partition coefficient (Wildman–Crippen LogP) is 21.8. The smallest absolute Gasteiger partial charge is 0.325 e. The van der Waals surface area contributed by atoms with Crippen LogP contribution in [0.25, 0.3) is 0 Å². The summed E-state index contributed by atoms with van der Waals surface area (Å²) < 4.78 is 67.8. The second-order valence-corrected chi connectivity index (χ2v) is 30.4. The Kier molecular flexibility index (Phi) is 45.2. The van der Waals surface area contributed by atoms with Crippen molar-refractivity contribution in [3.63, 3.8) is 0 Å². The summed E-state index contributed by atoms with van der Waals surface area (Å²) in [6.07, 6.45) is 33.3. The minimum absolute atomic E-state index is 0.0234. The molecule has 0 bridgehead atoms. The molecule has 15 heteroatoms. The van der Waals surface area contributed by atoms with Crippen molar-refractivity contribution in [3.05, 3.63) is 192 Å². The van der Waals surface area contributed by atoms with E-state index >= 15 is 0 Å². The second kappa shape index (κ2) is 53.8. The Balaban J connectivity index is 1.30. The molecule has 5 aromatic rings. The molecule has 0 aromatic heterocycles. The van der Waals surface area contributed by atoms with Crippen LogP contribution in [0.4, 0.5) is 0 Å². The van der Waals surface area contributed by atoms with Crippen LogP contribution in [0.5, 0.6) is 0 Å². The van der Waals surface area contributed by atoms with Crippen molar-refractivity contribution in [2.45, 2.75) is 313 Å². The fraction of sp³-hybridized carbons (Fsp3) is 0.600. The molecule has 1 saturated carbocycles. The van der Waals surface area contributed by atoms with Crippen LogP contribution in [-0.4, -0.2) is 82.5 Å². The van der Waals surface area contributed by atoms with Crippen molar-refractivity contribution >= 4 is 31.6 Å². The summed E-state index contributed by atoms with van der Waals surface area (Å²) in [5.74, 6) is -0.539. The first-order valence-corrected chi connectivity index (χ1v) is 41.3. The first-order chi connectivity index (χ1) is 49.1. The number of rotatable bonds is 59. The molecule has 0 radical (unpaired) electrons.